The molecule has 0 atom stereocenters. The number of imide groups is 1. The van der Waals surface area contributed by atoms with Crippen LogP contribution in [0.5, 0.6) is 0 Å². The van der Waals surface area contributed by atoms with Crippen LogP contribution in [0.2, 0.25) is 0 Å². The van der Waals surface area contributed by atoms with Gasteiger partial charge < -0.3 is 5.73 Å². The minimum Gasteiger partial charge on any atom is -0.369 e. The number of rotatable bonds is 3. The molecule has 83 valence electrons. The van der Waals surface area contributed by atoms with Gasteiger partial charge in [0.2, 0.25) is 11.8 Å². The van der Waals surface area contributed by atoms with Crippen LogP contribution in [0.1, 0.15) is 17.3 Å². The van der Waals surface area contributed by atoms with Gasteiger partial charge in [0.05, 0.1) is 0 Å². The topological polar surface area (TPSA) is 89.3 Å². The summed E-state index contributed by atoms with van der Waals surface area (Å²) in [6.07, 6.45) is 0. The summed E-state index contributed by atoms with van der Waals surface area (Å²) in [5.41, 5.74) is 5.24. The molecule has 1 rings (SSSR count). The van der Waals surface area contributed by atoms with Gasteiger partial charge in [-0.05, 0) is 19.1 Å². The highest BCUT2D eigenvalue weighted by molar-refractivity contribution is 6.19. The molecule has 0 fully saturated rings. The lowest BCUT2D eigenvalue weighted by molar-refractivity contribution is -0.124. The molecule has 16 heavy (non-hydrogen) atoms. The summed E-state index contributed by atoms with van der Waals surface area (Å²) in [6, 6.07) is 8.21. The Morgan fingerprint density at radius 3 is 2.19 bits per heavy atom. The van der Waals surface area contributed by atoms with Crippen LogP contribution in [0.15, 0.2) is 30.3 Å². The van der Waals surface area contributed by atoms with Crippen LogP contribution in [-0.4, -0.2) is 17.7 Å². The summed E-state index contributed by atoms with van der Waals surface area (Å²) in [6.45, 7) is 1.26. The summed E-state index contributed by atoms with van der Waals surface area (Å²) < 4.78 is 0. The monoisotopic (exact) mass is 219 g/mol. The first-order valence-electron chi connectivity index (χ1n) is 4.56. The van der Waals surface area contributed by atoms with Crippen molar-refractivity contribution >= 4 is 17.7 Å². The van der Waals surface area contributed by atoms with Crippen LogP contribution < -0.4 is 11.1 Å². The van der Waals surface area contributed by atoms with Gasteiger partial charge in [-0.15, -0.1) is 0 Å². The molecular formula is C11H11N2O3. The van der Waals surface area contributed by atoms with Crippen LogP contribution in [-0.2, 0) is 9.59 Å². The summed E-state index contributed by atoms with van der Waals surface area (Å²) in [4.78, 5) is 33.5. The Kier molecular flexibility index (Phi) is 3.77. The molecule has 1 aromatic carbocycles. The fraction of sp³-hybridized carbons (Fsp3) is 0.0909. The van der Waals surface area contributed by atoms with Crippen molar-refractivity contribution in [3.63, 3.8) is 0 Å². The van der Waals surface area contributed by atoms with Crippen molar-refractivity contribution < 1.29 is 14.4 Å². The lowest BCUT2D eigenvalue weighted by Crippen LogP contribution is -2.38. The Morgan fingerprint density at radius 2 is 1.69 bits per heavy atom. The van der Waals surface area contributed by atoms with E-state index in [-0.39, 0.29) is 5.92 Å². The maximum Gasteiger partial charge on any atom is 0.257 e. The van der Waals surface area contributed by atoms with E-state index in [0.29, 0.717) is 5.56 Å². The van der Waals surface area contributed by atoms with Crippen molar-refractivity contribution in [2.45, 2.75) is 6.92 Å². The molecule has 0 aromatic heterocycles. The van der Waals surface area contributed by atoms with Gasteiger partial charge in [-0.1, -0.05) is 18.2 Å². The number of primary amides is 1. The SMILES string of the molecule is C[C](C(N)=O)C(=O)NC(=O)c1ccccc1. The Labute approximate surface area is 92.6 Å². The third-order valence-electron chi connectivity index (χ3n) is 1.97. The molecule has 0 unspecified atom stereocenters. The molecule has 0 aliphatic rings. The summed E-state index contributed by atoms with van der Waals surface area (Å²) in [5, 5.41) is 2.06. The molecule has 0 aliphatic carbocycles. The summed E-state index contributed by atoms with van der Waals surface area (Å²) in [5.74, 6) is -2.39. The third-order valence-corrected chi connectivity index (χ3v) is 1.97. The summed E-state index contributed by atoms with van der Waals surface area (Å²) >= 11 is 0. The predicted molar refractivity (Wildman–Crippen MR) is 57.0 cm³/mol. The second-order valence-corrected chi connectivity index (χ2v) is 3.14. The minimum absolute atomic E-state index is 0.204. The zero-order valence-corrected chi connectivity index (χ0v) is 8.69. The number of benzene rings is 1. The van der Waals surface area contributed by atoms with Gasteiger partial charge in [0, 0.05) is 5.56 Å². The highest BCUT2D eigenvalue weighted by Gasteiger charge is 2.21. The van der Waals surface area contributed by atoms with Gasteiger partial charge >= 0.3 is 0 Å². The van der Waals surface area contributed by atoms with Crippen LogP contribution >= 0.6 is 0 Å². The molecule has 1 aromatic rings. The molecule has 5 nitrogen and oxygen atoms in total. The minimum atomic E-state index is -0.849. The second kappa shape index (κ2) is 5.06. The van der Waals surface area contributed by atoms with Gasteiger partial charge in [0.25, 0.3) is 5.91 Å². The summed E-state index contributed by atoms with van der Waals surface area (Å²) in [7, 11) is 0. The number of hydrogen-bond donors (Lipinski definition) is 2. The molecule has 1 radical (unpaired) electrons. The van der Waals surface area contributed by atoms with Gasteiger partial charge in [-0.25, -0.2) is 0 Å². The van der Waals surface area contributed by atoms with Crippen molar-refractivity contribution in [1.82, 2.24) is 5.32 Å². The third kappa shape index (κ3) is 2.91. The number of hydrogen-bond acceptors (Lipinski definition) is 3. The molecule has 0 spiro atoms. The molecule has 0 saturated heterocycles. The van der Waals surface area contributed by atoms with Crippen molar-refractivity contribution in [1.29, 1.82) is 0 Å². The van der Waals surface area contributed by atoms with E-state index in [2.05, 4.69) is 5.32 Å². The molecule has 0 bridgehead atoms. The van der Waals surface area contributed by atoms with Crippen molar-refractivity contribution in [2.75, 3.05) is 0 Å². The highest BCUT2D eigenvalue weighted by Crippen LogP contribution is 2.00. The lowest BCUT2D eigenvalue weighted by Gasteiger charge is -2.06. The van der Waals surface area contributed by atoms with Crippen LogP contribution in [0.25, 0.3) is 0 Å². The first-order valence-corrected chi connectivity index (χ1v) is 4.56. The molecular weight excluding hydrogens is 208 g/mol. The predicted octanol–water partition coefficient (Wildman–Crippen LogP) is 0.0227. The lowest BCUT2D eigenvalue weighted by atomic mass is 10.1. The van der Waals surface area contributed by atoms with Crippen molar-refractivity contribution in [3.8, 4) is 0 Å². The van der Waals surface area contributed by atoms with Crippen LogP contribution in [0.4, 0.5) is 0 Å². The van der Waals surface area contributed by atoms with E-state index in [1.807, 2.05) is 0 Å². The molecule has 3 N–H and O–H groups in total. The van der Waals surface area contributed by atoms with Gasteiger partial charge in [0.15, 0.2) is 0 Å². The number of carbonyl (C=O) groups is 3. The highest BCUT2D eigenvalue weighted by atomic mass is 16.2. The van der Waals surface area contributed by atoms with Gasteiger partial charge in [-0.2, -0.15) is 0 Å². The number of nitrogens with two attached hydrogens (primary N) is 1. The molecule has 0 saturated carbocycles. The maximum atomic E-state index is 11.5. The van der Waals surface area contributed by atoms with E-state index in [1.165, 1.54) is 6.92 Å². The Morgan fingerprint density at radius 1 is 1.12 bits per heavy atom. The number of carbonyl (C=O) groups excluding carboxylic acids is 3. The largest absolute Gasteiger partial charge is 0.369 e. The average molecular weight is 219 g/mol. The maximum absolute atomic E-state index is 11.5. The first kappa shape index (κ1) is 11.9. The zero-order chi connectivity index (χ0) is 12.1. The van der Waals surface area contributed by atoms with Crippen LogP contribution in [0.3, 0.4) is 0 Å². The molecule has 3 amide bonds. The van der Waals surface area contributed by atoms with Crippen molar-refractivity contribution in [2.24, 2.45) is 5.73 Å². The number of amides is 3. The van der Waals surface area contributed by atoms with E-state index in [1.54, 1.807) is 30.3 Å². The van der Waals surface area contributed by atoms with Crippen molar-refractivity contribution in [3.05, 3.63) is 41.8 Å². The van der Waals surface area contributed by atoms with Gasteiger partial charge in [-0.3, -0.25) is 19.7 Å². The Balaban J connectivity index is 2.66. The fourth-order valence-corrected chi connectivity index (χ4v) is 0.970. The Bertz CT molecular complexity index is 414. The Hall–Kier alpha value is -2.17. The molecule has 0 aliphatic heterocycles. The smallest absolute Gasteiger partial charge is 0.257 e. The van der Waals surface area contributed by atoms with Gasteiger partial charge in [0.1, 0.15) is 5.92 Å². The van der Waals surface area contributed by atoms with E-state index in [4.69, 9.17) is 5.73 Å². The zero-order valence-electron chi connectivity index (χ0n) is 8.69. The average Bonchev–Trinajstić information content (AvgIpc) is 2.28. The first-order chi connectivity index (χ1) is 7.52. The van der Waals surface area contributed by atoms with E-state index < -0.39 is 17.7 Å². The fourth-order valence-electron chi connectivity index (χ4n) is 0.970. The van der Waals surface area contributed by atoms with E-state index in [9.17, 15) is 14.4 Å². The molecule has 5 heteroatoms. The van der Waals surface area contributed by atoms with E-state index >= 15 is 0 Å². The molecule has 0 heterocycles. The van der Waals surface area contributed by atoms with Crippen LogP contribution in [0, 0.1) is 5.92 Å². The quantitative estimate of drug-likeness (QED) is 0.702. The second-order valence-electron chi connectivity index (χ2n) is 3.14. The normalized spacial score (nSPS) is 9.88. The number of nitrogens with one attached hydrogen (secondary N) is 1. The standard InChI is InChI=1S/C11H11N2O3/c1-7(9(12)14)10(15)13-11(16)8-5-3-2-4-6-8/h2-6H,1H3,(H2,12,14)(H,13,15,16). The van der Waals surface area contributed by atoms with E-state index in [0.717, 1.165) is 0 Å².